The Morgan fingerprint density at radius 3 is 2.37 bits per heavy atom. The van der Waals surface area contributed by atoms with Gasteiger partial charge >= 0.3 is 0 Å². The van der Waals surface area contributed by atoms with Crippen molar-refractivity contribution in [3.8, 4) is 0 Å². The Bertz CT molecular complexity index is 451. The number of nitrogens with zero attached hydrogens (tertiary/aromatic N) is 1. The molecule has 1 atom stereocenters. The van der Waals surface area contributed by atoms with E-state index >= 15 is 0 Å². The summed E-state index contributed by atoms with van der Waals surface area (Å²) in [5, 5.41) is 0. The molecule has 1 unspecified atom stereocenters. The first-order valence-corrected chi connectivity index (χ1v) is 7.18. The molecule has 104 valence electrons. The standard InChI is InChI=1S/C17H25NO/c1-12(2)10-15-11-19-16(18-15)13-6-8-14(9-7-13)17(3,4)5/h6-9,12,15H,10-11H2,1-5H3. The van der Waals surface area contributed by atoms with Gasteiger partial charge in [0.05, 0.1) is 6.04 Å². The fourth-order valence-corrected chi connectivity index (χ4v) is 2.35. The molecule has 2 heteroatoms. The quantitative estimate of drug-likeness (QED) is 0.798. The summed E-state index contributed by atoms with van der Waals surface area (Å²) in [5.41, 5.74) is 2.63. The van der Waals surface area contributed by atoms with Crippen molar-refractivity contribution in [3.63, 3.8) is 0 Å². The summed E-state index contributed by atoms with van der Waals surface area (Å²) in [7, 11) is 0. The van der Waals surface area contributed by atoms with E-state index in [-0.39, 0.29) is 5.41 Å². The Hall–Kier alpha value is -1.31. The molecule has 0 fully saturated rings. The lowest BCUT2D eigenvalue weighted by molar-refractivity contribution is 0.301. The van der Waals surface area contributed by atoms with E-state index in [1.807, 2.05) is 0 Å². The molecule has 2 nitrogen and oxygen atoms in total. The van der Waals surface area contributed by atoms with Crippen molar-refractivity contribution in [1.29, 1.82) is 0 Å². The molecule has 0 N–H and O–H groups in total. The maximum atomic E-state index is 5.73. The van der Waals surface area contributed by atoms with Gasteiger partial charge in [0, 0.05) is 5.56 Å². The molecule has 2 rings (SSSR count). The van der Waals surface area contributed by atoms with Gasteiger partial charge in [-0.15, -0.1) is 0 Å². The van der Waals surface area contributed by atoms with Gasteiger partial charge in [-0.05, 0) is 35.4 Å². The molecule has 19 heavy (non-hydrogen) atoms. The Morgan fingerprint density at radius 2 is 1.84 bits per heavy atom. The molecule has 1 aliphatic rings. The second kappa shape index (κ2) is 5.36. The highest BCUT2D eigenvalue weighted by molar-refractivity contribution is 5.95. The summed E-state index contributed by atoms with van der Waals surface area (Å²) >= 11 is 0. The van der Waals surface area contributed by atoms with Gasteiger partial charge in [-0.1, -0.05) is 46.8 Å². The molecule has 0 bridgehead atoms. The summed E-state index contributed by atoms with van der Waals surface area (Å²) < 4.78 is 5.73. The van der Waals surface area contributed by atoms with Crippen LogP contribution in [0.1, 0.15) is 52.2 Å². The summed E-state index contributed by atoms with van der Waals surface area (Å²) in [6, 6.07) is 8.93. The van der Waals surface area contributed by atoms with Crippen molar-refractivity contribution in [3.05, 3.63) is 35.4 Å². The summed E-state index contributed by atoms with van der Waals surface area (Å²) in [6.07, 6.45) is 1.10. The van der Waals surface area contributed by atoms with Crippen molar-refractivity contribution in [2.24, 2.45) is 10.9 Å². The van der Waals surface area contributed by atoms with Crippen molar-refractivity contribution < 1.29 is 4.74 Å². The number of aliphatic imine (C=N–C) groups is 1. The number of benzene rings is 1. The first-order chi connectivity index (χ1) is 8.86. The van der Waals surface area contributed by atoms with Crippen LogP contribution in [0.15, 0.2) is 29.3 Å². The SMILES string of the molecule is CC(C)CC1COC(c2ccc(C(C)(C)C)cc2)=N1. The molecule has 0 aliphatic carbocycles. The van der Waals surface area contributed by atoms with Gasteiger partial charge in [0.25, 0.3) is 0 Å². The minimum absolute atomic E-state index is 0.192. The fraction of sp³-hybridized carbons (Fsp3) is 0.588. The van der Waals surface area contributed by atoms with Gasteiger partial charge in [-0.2, -0.15) is 0 Å². The third-order valence-electron chi connectivity index (χ3n) is 3.45. The summed E-state index contributed by atoms with van der Waals surface area (Å²) in [5.74, 6) is 1.48. The Balaban J connectivity index is 2.11. The minimum atomic E-state index is 0.192. The normalized spacial score (nSPS) is 19.5. The topological polar surface area (TPSA) is 21.6 Å². The van der Waals surface area contributed by atoms with Gasteiger partial charge in [0.2, 0.25) is 5.90 Å². The maximum Gasteiger partial charge on any atom is 0.216 e. The third-order valence-corrected chi connectivity index (χ3v) is 3.45. The van der Waals surface area contributed by atoms with Gasteiger partial charge in [-0.3, -0.25) is 0 Å². The Kier molecular flexibility index (Phi) is 3.98. The van der Waals surface area contributed by atoms with Crippen LogP contribution in [0.3, 0.4) is 0 Å². The van der Waals surface area contributed by atoms with Crippen LogP contribution in [0.4, 0.5) is 0 Å². The van der Waals surface area contributed by atoms with Gasteiger partial charge < -0.3 is 4.74 Å². The highest BCUT2D eigenvalue weighted by Gasteiger charge is 2.21. The van der Waals surface area contributed by atoms with Gasteiger partial charge in [-0.25, -0.2) is 4.99 Å². The molecule has 0 aromatic heterocycles. The van der Waals surface area contributed by atoms with Crippen LogP contribution < -0.4 is 0 Å². The molecule has 1 aromatic rings. The van der Waals surface area contributed by atoms with E-state index in [1.165, 1.54) is 5.56 Å². The summed E-state index contributed by atoms with van der Waals surface area (Å²) in [6.45, 7) is 11.9. The lowest BCUT2D eigenvalue weighted by Gasteiger charge is -2.19. The number of hydrogen-bond acceptors (Lipinski definition) is 2. The van der Waals surface area contributed by atoms with E-state index in [2.05, 4.69) is 63.9 Å². The predicted octanol–water partition coefficient (Wildman–Crippen LogP) is 4.18. The highest BCUT2D eigenvalue weighted by atomic mass is 16.5. The van der Waals surface area contributed by atoms with Crippen LogP contribution >= 0.6 is 0 Å². The molecule has 0 radical (unpaired) electrons. The molecule has 1 aromatic carbocycles. The van der Waals surface area contributed by atoms with Gasteiger partial charge in [0.1, 0.15) is 6.61 Å². The smallest absolute Gasteiger partial charge is 0.216 e. The lowest BCUT2D eigenvalue weighted by atomic mass is 9.87. The first kappa shape index (κ1) is 14.1. The van der Waals surface area contributed by atoms with E-state index in [0.29, 0.717) is 12.0 Å². The van der Waals surface area contributed by atoms with E-state index in [4.69, 9.17) is 4.74 Å². The second-order valence-corrected chi connectivity index (χ2v) is 6.86. The van der Waals surface area contributed by atoms with E-state index in [0.717, 1.165) is 24.5 Å². The zero-order chi connectivity index (χ0) is 14.0. The Labute approximate surface area is 116 Å². The Morgan fingerprint density at radius 1 is 1.21 bits per heavy atom. The molecule has 1 heterocycles. The molecule has 0 saturated heterocycles. The van der Waals surface area contributed by atoms with Crippen LogP contribution in [-0.4, -0.2) is 18.5 Å². The largest absolute Gasteiger partial charge is 0.475 e. The second-order valence-electron chi connectivity index (χ2n) is 6.86. The number of rotatable bonds is 3. The van der Waals surface area contributed by atoms with E-state index in [9.17, 15) is 0 Å². The zero-order valence-electron chi connectivity index (χ0n) is 12.7. The molecular formula is C17H25NO. The van der Waals surface area contributed by atoms with Crippen LogP contribution in [0.2, 0.25) is 0 Å². The summed E-state index contributed by atoms with van der Waals surface area (Å²) in [4.78, 5) is 4.68. The minimum Gasteiger partial charge on any atom is -0.475 e. The molecule has 0 spiro atoms. The van der Waals surface area contributed by atoms with Crippen molar-refractivity contribution >= 4 is 5.90 Å². The molecular weight excluding hydrogens is 234 g/mol. The van der Waals surface area contributed by atoms with Crippen molar-refractivity contribution in [1.82, 2.24) is 0 Å². The fourth-order valence-electron chi connectivity index (χ4n) is 2.35. The zero-order valence-corrected chi connectivity index (χ0v) is 12.7. The monoisotopic (exact) mass is 259 g/mol. The molecule has 0 saturated carbocycles. The van der Waals surface area contributed by atoms with Crippen LogP contribution in [-0.2, 0) is 10.2 Å². The molecule has 1 aliphatic heterocycles. The van der Waals surface area contributed by atoms with E-state index in [1.54, 1.807) is 0 Å². The number of ether oxygens (including phenoxy) is 1. The van der Waals surface area contributed by atoms with Crippen LogP contribution in [0.25, 0.3) is 0 Å². The number of hydrogen-bond donors (Lipinski definition) is 0. The van der Waals surface area contributed by atoms with Crippen LogP contribution in [0, 0.1) is 5.92 Å². The average molecular weight is 259 g/mol. The van der Waals surface area contributed by atoms with Crippen molar-refractivity contribution in [2.75, 3.05) is 6.61 Å². The van der Waals surface area contributed by atoms with Gasteiger partial charge in [0.15, 0.2) is 0 Å². The average Bonchev–Trinajstić information content (AvgIpc) is 2.75. The predicted molar refractivity (Wildman–Crippen MR) is 80.9 cm³/mol. The highest BCUT2D eigenvalue weighted by Crippen LogP contribution is 2.23. The third kappa shape index (κ3) is 3.59. The lowest BCUT2D eigenvalue weighted by Crippen LogP contribution is -2.11. The van der Waals surface area contributed by atoms with E-state index < -0.39 is 0 Å². The first-order valence-electron chi connectivity index (χ1n) is 7.18. The maximum absolute atomic E-state index is 5.73. The van der Waals surface area contributed by atoms with Crippen LogP contribution in [0.5, 0.6) is 0 Å². The van der Waals surface area contributed by atoms with Crippen molar-refractivity contribution in [2.45, 2.75) is 52.5 Å². The molecule has 0 amide bonds.